The fourth-order valence-electron chi connectivity index (χ4n) is 2.57. The van der Waals surface area contributed by atoms with Gasteiger partial charge in [0, 0.05) is 25.8 Å². The summed E-state index contributed by atoms with van der Waals surface area (Å²) in [6.45, 7) is 1.14. The zero-order valence-electron chi connectivity index (χ0n) is 11.7. The molecule has 1 aromatic rings. The number of piperidine rings is 1. The third kappa shape index (κ3) is 3.31. The Morgan fingerprint density at radius 1 is 1.45 bits per heavy atom. The maximum absolute atomic E-state index is 12.6. The van der Waals surface area contributed by atoms with Crippen molar-refractivity contribution in [2.45, 2.75) is 24.2 Å². The molecule has 1 unspecified atom stereocenters. The SMILES string of the molecule is COc1cccc(S(=O)(=O)N2CCCC(CCO)C2)c1. The second-order valence-corrected chi connectivity index (χ2v) is 7.00. The van der Waals surface area contributed by atoms with Gasteiger partial charge in [0.25, 0.3) is 0 Å². The van der Waals surface area contributed by atoms with Crippen LogP contribution < -0.4 is 4.74 Å². The molecule has 0 amide bonds. The Balaban J connectivity index is 2.20. The molecule has 1 heterocycles. The summed E-state index contributed by atoms with van der Waals surface area (Å²) >= 11 is 0. The summed E-state index contributed by atoms with van der Waals surface area (Å²) in [7, 11) is -1.96. The number of hydrogen-bond donors (Lipinski definition) is 1. The van der Waals surface area contributed by atoms with Gasteiger partial charge in [-0.2, -0.15) is 4.31 Å². The molecule has 112 valence electrons. The van der Waals surface area contributed by atoms with Gasteiger partial charge in [0.15, 0.2) is 0 Å². The normalized spacial score (nSPS) is 20.8. The molecule has 1 aliphatic rings. The van der Waals surface area contributed by atoms with E-state index in [-0.39, 0.29) is 17.4 Å². The van der Waals surface area contributed by atoms with Crippen molar-refractivity contribution >= 4 is 10.0 Å². The highest BCUT2D eigenvalue weighted by molar-refractivity contribution is 7.89. The van der Waals surface area contributed by atoms with E-state index in [0.717, 1.165) is 12.8 Å². The monoisotopic (exact) mass is 299 g/mol. The summed E-state index contributed by atoms with van der Waals surface area (Å²) in [5.41, 5.74) is 0. The molecule has 2 rings (SSSR count). The van der Waals surface area contributed by atoms with Crippen LogP contribution in [0.2, 0.25) is 0 Å². The molecule has 0 spiro atoms. The number of rotatable bonds is 5. The topological polar surface area (TPSA) is 66.8 Å². The minimum absolute atomic E-state index is 0.109. The first-order valence-electron chi connectivity index (χ1n) is 6.83. The lowest BCUT2D eigenvalue weighted by molar-refractivity contribution is 0.203. The largest absolute Gasteiger partial charge is 0.497 e. The van der Waals surface area contributed by atoms with E-state index in [2.05, 4.69) is 0 Å². The third-order valence-corrected chi connectivity index (χ3v) is 5.56. The lowest BCUT2D eigenvalue weighted by Gasteiger charge is -2.31. The maximum Gasteiger partial charge on any atom is 0.243 e. The van der Waals surface area contributed by atoms with Crippen molar-refractivity contribution < 1.29 is 18.3 Å². The quantitative estimate of drug-likeness (QED) is 0.894. The van der Waals surface area contributed by atoms with E-state index in [4.69, 9.17) is 9.84 Å². The van der Waals surface area contributed by atoms with Crippen LogP contribution in [0.5, 0.6) is 5.75 Å². The van der Waals surface area contributed by atoms with E-state index in [1.165, 1.54) is 11.4 Å². The average Bonchev–Trinajstić information content (AvgIpc) is 2.48. The third-order valence-electron chi connectivity index (χ3n) is 3.70. The number of benzene rings is 1. The summed E-state index contributed by atoms with van der Waals surface area (Å²) in [4.78, 5) is 0.265. The van der Waals surface area contributed by atoms with Gasteiger partial charge in [-0.15, -0.1) is 0 Å². The van der Waals surface area contributed by atoms with E-state index in [9.17, 15) is 8.42 Å². The van der Waals surface area contributed by atoms with E-state index in [0.29, 0.717) is 25.3 Å². The molecule has 1 fully saturated rings. The number of nitrogens with zero attached hydrogens (tertiary/aromatic N) is 1. The molecule has 0 saturated carbocycles. The Labute approximate surface area is 120 Å². The Kier molecular flexibility index (Phi) is 5.01. The number of ether oxygens (including phenoxy) is 1. The molecule has 1 atom stereocenters. The Morgan fingerprint density at radius 2 is 2.25 bits per heavy atom. The van der Waals surface area contributed by atoms with Gasteiger partial charge in [0.2, 0.25) is 10.0 Å². The van der Waals surface area contributed by atoms with Crippen LogP contribution >= 0.6 is 0 Å². The summed E-state index contributed by atoms with van der Waals surface area (Å²) < 4.78 is 31.8. The van der Waals surface area contributed by atoms with Crippen LogP contribution in [0.3, 0.4) is 0 Å². The summed E-state index contributed by atoms with van der Waals surface area (Å²) in [5.74, 6) is 0.782. The first-order chi connectivity index (χ1) is 9.57. The molecular weight excluding hydrogens is 278 g/mol. The molecule has 5 nitrogen and oxygen atoms in total. The standard InChI is InChI=1S/C14H21NO4S/c1-19-13-5-2-6-14(10-13)20(17,18)15-8-3-4-12(11-15)7-9-16/h2,5-6,10,12,16H,3-4,7-9,11H2,1H3. The molecule has 6 heteroatoms. The van der Waals surface area contributed by atoms with Gasteiger partial charge in [-0.25, -0.2) is 8.42 Å². The summed E-state index contributed by atoms with van der Waals surface area (Å²) in [6.07, 6.45) is 2.47. The first-order valence-corrected chi connectivity index (χ1v) is 8.27. The van der Waals surface area contributed by atoms with Gasteiger partial charge in [0.05, 0.1) is 12.0 Å². The van der Waals surface area contributed by atoms with Crippen LogP contribution in [0, 0.1) is 5.92 Å². The Morgan fingerprint density at radius 3 is 2.95 bits per heavy atom. The van der Waals surface area contributed by atoms with E-state index < -0.39 is 10.0 Å². The highest BCUT2D eigenvalue weighted by Gasteiger charge is 2.30. The van der Waals surface area contributed by atoms with Crippen molar-refractivity contribution in [3.8, 4) is 5.75 Å². The van der Waals surface area contributed by atoms with Crippen molar-refractivity contribution in [2.75, 3.05) is 26.8 Å². The molecule has 1 saturated heterocycles. The molecular formula is C14H21NO4S. The van der Waals surface area contributed by atoms with Crippen molar-refractivity contribution in [2.24, 2.45) is 5.92 Å². The van der Waals surface area contributed by atoms with Crippen LogP contribution in [-0.2, 0) is 10.0 Å². The van der Waals surface area contributed by atoms with Gasteiger partial charge < -0.3 is 9.84 Å². The molecule has 0 bridgehead atoms. The zero-order valence-corrected chi connectivity index (χ0v) is 12.5. The van der Waals surface area contributed by atoms with Crippen molar-refractivity contribution in [1.29, 1.82) is 0 Å². The van der Waals surface area contributed by atoms with E-state index >= 15 is 0 Å². The van der Waals surface area contributed by atoms with Crippen LogP contribution in [0.1, 0.15) is 19.3 Å². The van der Waals surface area contributed by atoms with Crippen molar-refractivity contribution in [1.82, 2.24) is 4.31 Å². The van der Waals surface area contributed by atoms with Crippen molar-refractivity contribution in [3.63, 3.8) is 0 Å². The second kappa shape index (κ2) is 6.56. The lowest BCUT2D eigenvalue weighted by Crippen LogP contribution is -2.40. The average molecular weight is 299 g/mol. The molecule has 1 aromatic carbocycles. The smallest absolute Gasteiger partial charge is 0.243 e. The fourth-order valence-corrected chi connectivity index (χ4v) is 4.16. The summed E-state index contributed by atoms with van der Waals surface area (Å²) in [5, 5.41) is 9.01. The highest BCUT2D eigenvalue weighted by Crippen LogP contribution is 2.26. The molecule has 0 aromatic heterocycles. The van der Waals surface area contributed by atoms with Crippen LogP contribution in [0.4, 0.5) is 0 Å². The van der Waals surface area contributed by atoms with Crippen LogP contribution in [0.15, 0.2) is 29.2 Å². The Bertz CT molecular complexity index is 542. The van der Waals surface area contributed by atoms with Gasteiger partial charge in [-0.1, -0.05) is 6.07 Å². The Hall–Kier alpha value is -1.11. The second-order valence-electron chi connectivity index (χ2n) is 5.06. The maximum atomic E-state index is 12.6. The fraction of sp³-hybridized carbons (Fsp3) is 0.571. The van der Waals surface area contributed by atoms with Gasteiger partial charge >= 0.3 is 0 Å². The van der Waals surface area contributed by atoms with E-state index in [1.807, 2.05) is 0 Å². The molecule has 0 radical (unpaired) electrons. The number of aliphatic hydroxyl groups excluding tert-OH is 1. The minimum Gasteiger partial charge on any atom is -0.497 e. The number of sulfonamides is 1. The van der Waals surface area contributed by atoms with Crippen molar-refractivity contribution in [3.05, 3.63) is 24.3 Å². The highest BCUT2D eigenvalue weighted by atomic mass is 32.2. The number of hydrogen-bond acceptors (Lipinski definition) is 4. The molecule has 0 aliphatic carbocycles. The molecule has 1 N–H and O–H groups in total. The minimum atomic E-state index is -3.47. The van der Waals surface area contributed by atoms with E-state index in [1.54, 1.807) is 24.3 Å². The lowest BCUT2D eigenvalue weighted by atomic mass is 9.97. The predicted octanol–water partition coefficient (Wildman–Crippen LogP) is 1.48. The first kappa shape index (κ1) is 15.3. The summed E-state index contributed by atoms with van der Waals surface area (Å²) in [6, 6.07) is 6.54. The zero-order chi connectivity index (χ0) is 14.6. The van der Waals surface area contributed by atoms with Gasteiger partial charge in [-0.3, -0.25) is 0 Å². The van der Waals surface area contributed by atoms with Crippen LogP contribution in [-0.4, -0.2) is 44.6 Å². The van der Waals surface area contributed by atoms with Crippen LogP contribution in [0.25, 0.3) is 0 Å². The van der Waals surface area contributed by atoms with Gasteiger partial charge in [-0.05, 0) is 37.3 Å². The number of aliphatic hydroxyl groups is 1. The molecule has 20 heavy (non-hydrogen) atoms. The predicted molar refractivity (Wildman–Crippen MR) is 76.2 cm³/mol. The van der Waals surface area contributed by atoms with Gasteiger partial charge in [0.1, 0.15) is 5.75 Å². The number of methoxy groups -OCH3 is 1. The molecule has 1 aliphatic heterocycles.